The molecule has 9 nitrogen and oxygen atoms in total. The van der Waals surface area contributed by atoms with E-state index in [2.05, 4.69) is 9.97 Å². The second-order valence-corrected chi connectivity index (χ2v) is 7.90. The van der Waals surface area contributed by atoms with Crippen molar-refractivity contribution in [2.24, 2.45) is 0 Å². The van der Waals surface area contributed by atoms with E-state index >= 15 is 0 Å². The number of anilines is 1. The van der Waals surface area contributed by atoms with E-state index in [0.29, 0.717) is 31.2 Å². The number of carbonyl (C=O) groups is 2. The molecule has 0 N–H and O–H groups in total. The largest absolute Gasteiger partial charge is 0.497 e. The van der Waals surface area contributed by atoms with E-state index < -0.39 is 0 Å². The Morgan fingerprint density at radius 1 is 1.16 bits per heavy atom. The van der Waals surface area contributed by atoms with Crippen LogP contribution in [0.3, 0.4) is 0 Å². The number of urea groups is 1. The van der Waals surface area contributed by atoms with Crippen LogP contribution in [0.15, 0.2) is 36.7 Å². The second-order valence-electron chi connectivity index (χ2n) is 7.46. The first-order valence-corrected chi connectivity index (χ1v) is 10.5. The smallest absolute Gasteiger partial charge is 0.325 e. The third-order valence-corrected chi connectivity index (χ3v) is 5.60. The van der Waals surface area contributed by atoms with Gasteiger partial charge in [-0.2, -0.15) is 0 Å². The highest BCUT2D eigenvalue weighted by Gasteiger charge is 2.33. The number of benzene rings is 1. The first-order valence-electron chi connectivity index (χ1n) is 10.2. The first kappa shape index (κ1) is 21.2. The molecule has 2 fully saturated rings. The van der Waals surface area contributed by atoms with Gasteiger partial charge < -0.3 is 19.3 Å². The van der Waals surface area contributed by atoms with Crippen molar-refractivity contribution in [3.05, 3.63) is 41.7 Å². The zero-order valence-corrected chi connectivity index (χ0v) is 18.0. The molecule has 1 unspecified atom stereocenters. The normalized spacial score (nSPS) is 19.0. The fourth-order valence-electron chi connectivity index (χ4n) is 3.77. The van der Waals surface area contributed by atoms with Gasteiger partial charge in [-0.25, -0.2) is 14.8 Å². The molecule has 2 saturated heterocycles. The van der Waals surface area contributed by atoms with Crippen LogP contribution in [0.5, 0.6) is 11.8 Å². The van der Waals surface area contributed by atoms with Crippen molar-refractivity contribution in [1.29, 1.82) is 0 Å². The third-order valence-electron chi connectivity index (χ3n) is 5.40. The van der Waals surface area contributed by atoms with Crippen LogP contribution < -0.4 is 14.4 Å². The summed E-state index contributed by atoms with van der Waals surface area (Å²) in [6.45, 7) is 2.18. The molecule has 1 aromatic carbocycles. The molecule has 2 aliphatic heterocycles. The van der Waals surface area contributed by atoms with Crippen molar-refractivity contribution in [1.82, 2.24) is 19.8 Å². The average Bonchev–Trinajstić information content (AvgIpc) is 3.15. The molecular formula is C21H24ClN5O4. The van der Waals surface area contributed by atoms with Crippen molar-refractivity contribution in [3.63, 3.8) is 0 Å². The summed E-state index contributed by atoms with van der Waals surface area (Å²) in [5.41, 5.74) is 0.787. The Morgan fingerprint density at radius 3 is 2.61 bits per heavy atom. The predicted octanol–water partition coefficient (Wildman–Crippen LogP) is 2.45. The van der Waals surface area contributed by atoms with Gasteiger partial charge in [0.2, 0.25) is 5.91 Å². The lowest BCUT2D eigenvalue weighted by atomic mass is 10.1. The van der Waals surface area contributed by atoms with Gasteiger partial charge in [0, 0.05) is 25.3 Å². The number of methoxy groups -OCH3 is 1. The fraction of sp³-hybridized carbons (Fsp3) is 0.429. The van der Waals surface area contributed by atoms with E-state index in [1.807, 2.05) is 24.3 Å². The molecule has 1 aromatic heterocycles. The van der Waals surface area contributed by atoms with Crippen LogP contribution in [0.1, 0.15) is 12.8 Å². The third kappa shape index (κ3) is 4.99. The summed E-state index contributed by atoms with van der Waals surface area (Å²) in [6.07, 6.45) is 4.38. The molecule has 2 aliphatic rings. The monoisotopic (exact) mass is 445 g/mol. The Labute approximate surface area is 185 Å². The molecule has 1 atom stereocenters. The van der Waals surface area contributed by atoms with E-state index in [9.17, 15) is 9.59 Å². The highest BCUT2D eigenvalue weighted by atomic mass is 35.5. The number of nitrogens with zero attached hydrogens (tertiary/aromatic N) is 5. The van der Waals surface area contributed by atoms with Crippen LogP contribution in [-0.4, -0.2) is 77.6 Å². The van der Waals surface area contributed by atoms with Gasteiger partial charge in [-0.1, -0.05) is 11.6 Å². The molecule has 0 bridgehead atoms. The highest BCUT2D eigenvalue weighted by molar-refractivity contribution is 6.30. The van der Waals surface area contributed by atoms with Gasteiger partial charge in [0.15, 0.2) is 0 Å². The summed E-state index contributed by atoms with van der Waals surface area (Å²) < 4.78 is 11.0. The van der Waals surface area contributed by atoms with Crippen LogP contribution in [-0.2, 0) is 4.79 Å². The quantitative estimate of drug-likeness (QED) is 0.678. The molecular weight excluding hydrogens is 422 g/mol. The van der Waals surface area contributed by atoms with Crippen LogP contribution in [0, 0.1) is 0 Å². The van der Waals surface area contributed by atoms with E-state index in [0.717, 1.165) is 24.3 Å². The van der Waals surface area contributed by atoms with Crippen LogP contribution in [0.4, 0.5) is 10.5 Å². The number of aromatic nitrogens is 2. The molecule has 164 valence electrons. The number of carbonyl (C=O) groups excluding carboxylic acids is 2. The van der Waals surface area contributed by atoms with E-state index in [4.69, 9.17) is 21.1 Å². The maximum Gasteiger partial charge on any atom is 0.325 e. The van der Waals surface area contributed by atoms with Crippen molar-refractivity contribution in [2.75, 3.05) is 44.7 Å². The Balaban J connectivity index is 1.32. The number of hydrogen-bond acceptors (Lipinski definition) is 6. The molecule has 0 aliphatic carbocycles. The summed E-state index contributed by atoms with van der Waals surface area (Å²) >= 11 is 5.80. The van der Waals surface area contributed by atoms with Crippen molar-refractivity contribution in [3.8, 4) is 11.8 Å². The van der Waals surface area contributed by atoms with Gasteiger partial charge in [0.05, 0.1) is 31.1 Å². The minimum Gasteiger partial charge on any atom is -0.497 e. The summed E-state index contributed by atoms with van der Waals surface area (Å²) in [4.78, 5) is 38.8. The minimum absolute atomic E-state index is 0.0512. The van der Waals surface area contributed by atoms with Gasteiger partial charge in [0.25, 0.3) is 0 Å². The maximum atomic E-state index is 12.9. The lowest BCUT2D eigenvalue weighted by Gasteiger charge is -2.33. The Bertz CT molecular complexity index is 924. The Morgan fingerprint density at radius 2 is 1.90 bits per heavy atom. The van der Waals surface area contributed by atoms with E-state index in [1.54, 1.807) is 21.8 Å². The van der Waals surface area contributed by atoms with Crippen molar-refractivity contribution in [2.45, 2.75) is 18.9 Å². The summed E-state index contributed by atoms with van der Waals surface area (Å²) in [5, 5.41) is 0.437. The topological polar surface area (TPSA) is 88.1 Å². The predicted molar refractivity (Wildman–Crippen MR) is 115 cm³/mol. The van der Waals surface area contributed by atoms with Crippen LogP contribution >= 0.6 is 11.6 Å². The average molecular weight is 446 g/mol. The molecule has 3 heterocycles. The number of ether oxygens (including phenoxy) is 2. The molecule has 2 aromatic rings. The van der Waals surface area contributed by atoms with Gasteiger partial charge in [-0.05, 0) is 37.1 Å². The second kappa shape index (κ2) is 9.38. The number of rotatable bonds is 6. The SMILES string of the molecule is COc1ccc(N2CCN(CC(=O)N3CCCC(Oc4ncc(Cl)cn4)C3)C2=O)cc1. The minimum atomic E-state index is -0.191. The Kier molecular flexibility index (Phi) is 6.41. The lowest BCUT2D eigenvalue weighted by molar-refractivity contribution is -0.134. The summed E-state index contributed by atoms with van der Waals surface area (Å²) in [7, 11) is 1.60. The fourth-order valence-corrected chi connectivity index (χ4v) is 3.86. The van der Waals surface area contributed by atoms with Gasteiger partial charge in [-0.15, -0.1) is 0 Å². The number of hydrogen-bond donors (Lipinski definition) is 0. The van der Waals surface area contributed by atoms with E-state index in [1.165, 1.54) is 12.4 Å². The lowest BCUT2D eigenvalue weighted by Crippen LogP contribution is -2.48. The summed E-state index contributed by atoms with van der Waals surface area (Å²) in [6, 6.07) is 7.39. The van der Waals surface area contributed by atoms with E-state index in [-0.39, 0.29) is 30.6 Å². The highest BCUT2D eigenvalue weighted by Crippen LogP contribution is 2.23. The molecule has 31 heavy (non-hydrogen) atoms. The number of likely N-dealkylation sites (tertiary alicyclic amines) is 1. The molecule has 4 rings (SSSR count). The summed E-state index contributed by atoms with van der Waals surface area (Å²) in [5.74, 6) is 0.642. The Hall–Kier alpha value is -3.07. The molecule has 0 saturated carbocycles. The van der Waals surface area contributed by atoms with Gasteiger partial charge in [0.1, 0.15) is 18.4 Å². The van der Waals surface area contributed by atoms with Crippen LogP contribution in [0.2, 0.25) is 5.02 Å². The molecule has 3 amide bonds. The number of piperidine rings is 1. The molecule has 10 heteroatoms. The zero-order valence-electron chi connectivity index (χ0n) is 17.2. The molecule has 0 spiro atoms. The molecule has 0 radical (unpaired) electrons. The zero-order chi connectivity index (χ0) is 21.8. The first-order chi connectivity index (χ1) is 15.0. The van der Waals surface area contributed by atoms with Gasteiger partial charge in [-0.3, -0.25) is 9.69 Å². The standard InChI is InChI=1S/C21H24ClN5O4/c1-30-17-6-4-16(5-7-17)27-10-9-26(21(27)29)14-19(28)25-8-2-3-18(13-25)31-20-23-11-15(22)12-24-20/h4-7,11-12,18H,2-3,8-10,13-14H2,1H3. The number of halogens is 1. The van der Waals surface area contributed by atoms with Gasteiger partial charge >= 0.3 is 12.0 Å². The van der Waals surface area contributed by atoms with Crippen molar-refractivity contribution < 1.29 is 19.1 Å². The van der Waals surface area contributed by atoms with Crippen LogP contribution in [0.25, 0.3) is 0 Å². The van der Waals surface area contributed by atoms with Crippen molar-refractivity contribution >= 4 is 29.2 Å². The maximum absolute atomic E-state index is 12.9. The number of amides is 3.